The number of benzene rings is 1. The molecule has 0 saturated heterocycles. The van der Waals surface area contributed by atoms with Crippen LogP contribution in [0.3, 0.4) is 0 Å². The maximum absolute atomic E-state index is 12.3. The van der Waals surface area contributed by atoms with Gasteiger partial charge in [-0.3, -0.25) is 19.7 Å². The van der Waals surface area contributed by atoms with Gasteiger partial charge in [-0.15, -0.1) is 0 Å². The number of aliphatic carboxylic acids is 1. The number of nitrogens with zero attached hydrogens (tertiary/aromatic N) is 3. The zero-order valence-electron chi connectivity index (χ0n) is 13.2. The Labute approximate surface area is 142 Å². The quantitative estimate of drug-likeness (QED) is 0.628. The monoisotopic (exact) mass is 344 g/mol. The van der Waals surface area contributed by atoms with E-state index < -0.39 is 16.8 Å². The van der Waals surface area contributed by atoms with E-state index in [0.717, 1.165) is 0 Å². The Kier molecular flexibility index (Phi) is 4.46. The number of hydrogen-bond acceptors (Lipinski definition) is 5. The van der Waals surface area contributed by atoms with Gasteiger partial charge in [-0.25, -0.2) is 4.68 Å². The van der Waals surface area contributed by atoms with Crippen molar-refractivity contribution in [2.45, 2.75) is 25.3 Å². The topological polar surface area (TPSA) is 127 Å². The summed E-state index contributed by atoms with van der Waals surface area (Å²) in [4.78, 5) is 33.4. The molecule has 3 rings (SSSR count). The molecule has 0 unspecified atom stereocenters. The highest BCUT2D eigenvalue weighted by molar-refractivity contribution is 5.94. The van der Waals surface area contributed by atoms with Crippen LogP contribution in [-0.2, 0) is 4.79 Å². The Morgan fingerprint density at radius 2 is 2.00 bits per heavy atom. The number of carboxylic acids is 1. The number of nitro benzene ring substituents is 1. The minimum atomic E-state index is -0.831. The van der Waals surface area contributed by atoms with E-state index >= 15 is 0 Å². The van der Waals surface area contributed by atoms with Gasteiger partial charge in [0.1, 0.15) is 0 Å². The fourth-order valence-corrected chi connectivity index (χ4v) is 2.91. The van der Waals surface area contributed by atoms with Gasteiger partial charge < -0.3 is 10.4 Å². The largest absolute Gasteiger partial charge is 0.481 e. The fourth-order valence-electron chi connectivity index (χ4n) is 2.91. The molecule has 1 aliphatic carbocycles. The SMILES string of the molecule is O=C(N[C@@H]1CC[C@H](C(=O)O)C1)c1cnn(-c2ccc([N+](=O)[O-])cc2)c1. The van der Waals surface area contributed by atoms with Gasteiger partial charge in [0, 0.05) is 24.4 Å². The Bertz CT molecular complexity index is 814. The third-order valence-corrected chi connectivity index (χ3v) is 4.29. The lowest BCUT2D eigenvalue weighted by Gasteiger charge is -2.11. The van der Waals surface area contributed by atoms with E-state index in [4.69, 9.17) is 5.11 Å². The molecular formula is C16H16N4O5. The summed E-state index contributed by atoms with van der Waals surface area (Å²) < 4.78 is 1.45. The van der Waals surface area contributed by atoms with Crippen LogP contribution >= 0.6 is 0 Å². The molecule has 25 heavy (non-hydrogen) atoms. The number of nitrogens with one attached hydrogen (secondary N) is 1. The first-order chi connectivity index (χ1) is 11.9. The third-order valence-electron chi connectivity index (χ3n) is 4.29. The summed E-state index contributed by atoms with van der Waals surface area (Å²) in [5, 5.41) is 26.6. The average molecular weight is 344 g/mol. The molecule has 9 nitrogen and oxygen atoms in total. The van der Waals surface area contributed by atoms with Crippen molar-refractivity contribution in [3.63, 3.8) is 0 Å². The van der Waals surface area contributed by atoms with Crippen LogP contribution < -0.4 is 5.32 Å². The van der Waals surface area contributed by atoms with Crippen molar-refractivity contribution >= 4 is 17.6 Å². The number of aromatic nitrogens is 2. The van der Waals surface area contributed by atoms with Crippen LogP contribution in [0.15, 0.2) is 36.7 Å². The Balaban J connectivity index is 1.65. The predicted octanol–water partition coefficient (Wildman–Crippen LogP) is 1.76. The molecule has 0 spiro atoms. The van der Waals surface area contributed by atoms with E-state index in [9.17, 15) is 19.7 Å². The number of rotatable bonds is 5. The van der Waals surface area contributed by atoms with Gasteiger partial charge >= 0.3 is 5.97 Å². The number of carbonyl (C=O) groups excluding carboxylic acids is 1. The summed E-state index contributed by atoms with van der Waals surface area (Å²) in [5.74, 6) is -1.56. The molecule has 1 amide bonds. The first kappa shape index (κ1) is 16.6. The van der Waals surface area contributed by atoms with E-state index in [0.29, 0.717) is 30.5 Å². The van der Waals surface area contributed by atoms with Crippen LogP contribution in [0.4, 0.5) is 5.69 Å². The van der Waals surface area contributed by atoms with Crippen molar-refractivity contribution in [1.82, 2.24) is 15.1 Å². The summed E-state index contributed by atoms with van der Waals surface area (Å²) in [6, 6.07) is 5.65. The lowest BCUT2D eigenvalue weighted by molar-refractivity contribution is -0.384. The molecule has 1 aliphatic rings. The second-order valence-corrected chi connectivity index (χ2v) is 5.97. The van der Waals surface area contributed by atoms with Crippen LogP contribution in [0.25, 0.3) is 5.69 Å². The number of hydrogen-bond donors (Lipinski definition) is 2. The van der Waals surface area contributed by atoms with Crippen LogP contribution in [0.2, 0.25) is 0 Å². The fraction of sp³-hybridized carbons (Fsp3) is 0.312. The minimum Gasteiger partial charge on any atom is -0.481 e. The van der Waals surface area contributed by atoms with Gasteiger partial charge in [-0.2, -0.15) is 5.10 Å². The highest BCUT2D eigenvalue weighted by Crippen LogP contribution is 2.26. The Hall–Kier alpha value is -3.23. The van der Waals surface area contributed by atoms with Crippen molar-refractivity contribution in [1.29, 1.82) is 0 Å². The lowest BCUT2D eigenvalue weighted by atomic mass is 10.1. The normalized spacial score (nSPS) is 19.5. The summed E-state index contributed by atoms with van der Waals surface area (Å²) in [6.45, 7) is 0. The van der Waals surface area contributed by atoms with Crippen LogP contribution in [0, 0.1) is 16.0 Å². The summed E-state index contributed by atoms with van der Waals surface area (Å²) >= 11 is 0. The molecule has 2 N–H and O–H groups in total. The van der Waals surface area contributed by atoms with Crippen molar-refractivity contribution in [2.75, 3.05) is 0 Å². The van der Waals surface area contributed by atoms with Crippen molar-refractivity contribution in [3.8, 4) is 5.69 Å². The molecule has 1 aromatic heterocycles. The van der Waals surface area contributed by atoms with Crippen LogP contribution in [0.5, 0.6) is 0 Å². The molecule has 9 heteroatoms. The van der Waals surface area contributed by atoms with Gasteiger partial charge in [0.15, 0.2) is 0 Å². The zero-order chi connectivity index (χ0) is 18.0. The standard InChI is InChI=1S/C16H16N4O5/c21-15(18-12-2-1-10(7-12)16(22)23)11-8-17-19(9-11)13-3-5-14(6-4-13)20(24)25/h3-6,8-10,12H,1-2,7H2,(H,18,21)(H,22,23)/t10-,12+/m0/s1. The number of non-ortho nitro benzene ring substituents is 1. The molecule has 130 valence electrons. The highest BCUT2D eigenvalue weighted by atomic mass is 16.6. The molecule has 1 fully saturated rings. The Morgan fingerprint density at radius 3 is 2.60 bits per heavy atom. The Morgan fingerprint density at radius 1 is 1.28 bits per heavy atom. The maximum Gasteiger partial charge on any atom is 0.306 e. The van der Waals surface area contributed by atoms with Crippen molar-refractivity contribution in [2.24, 2.45) is 5.92 Å². The van der Waals surface area contributed by atoms with Gasteiger partial charge in [0.25, 0.3) is 11.6 Å². The number of carbonyl (C=O) groups is 2. The predicted molar refractivity (Wildman–Crippen MR) is 86.4 cm³/mol. The van der Waals surface area contributed by atoms with E-state index in [1.54, 1.807) is 12.1 Å². The molecule has 0 radical (unpaired) electrons. The van der Waals surface area contributed by atoms with E-state index in [-0.39, 0.29) is 17.6 Å². The second-order valence-electron chi connectivity index (χ2n) is 5.97. The summed E-state index contributed by atoms with van der Waals surface area (Å²) in [7, 11) is 0. The average Bonchev–Trinajstić information content (AvgIpc) is 3.24. The summed E-state index contributed by atoms with van der Waals surface area (Å²) in [6.07, 6.45) is 4.56. The first-order valence-corrected chi connectivity index (χ1v) is 7.77. The highest BCUT2D eigenvalue weighted by Gasteiger charge is 2.30. The van der Waals surface area contributed by atoms with E-state index in [2.05, 4.69) is 10.4 Å². The molecule has 2 aromatic rings. The van der Waals surface area contributed by atoms with Gasteiger partial charge in [0.2, 0.25) is 0 Å². The molecule has 2 atom stereocenters. The van der Waals surface area contributed by atoms with Crippen LogP contribution in [0.1, 0.15) is 29.6 Å². The summed E-state index contributed by atoms with van der Waals surface area (Å²) in [5.41, 5.74) is 0.914. The molecule has 1 heterocycles. The second kappa shape index (κ2) is 6.71. The number of carboxylic acid groups (broad SMARTS) is 1. The molecule has 1 saturated carbocycles. The van der Waals surface area contributed by atoms with Gasteiger partial charge in [0.05, 0.1) is 28.3 Å². The number of amides is 1. The molecule has 1 aromatic carbocycles. The first-order valence-electron chi connectivity index (χ1n) is 7.77. The van der Waals surface area contributed by atoms with Crippen molar-refractivity contribution in [3.05, 3.63) is 52.3 Å². The minimum absolute atomic E-state index is 0.0249. The van der Waals surface area contributed by atoms with Gasteiger partial charge in [-0.1, -0.05) is 0 Å². The molecule has 0 bridgehead atoms. The van der Waals surface area contributed by atoms with E-state index in [1.807, 2.05) is 0 Å². The third kappa shape index (κ3) is 3.65. The zero-order valence-corrected chi connectivity index (χ0v) is 13.2. The maximum atomic E-state index is 12.3. The number of nitro groups is 1. The molecule has 0 aliphatic heterocycles. The van der Waals surface area contributed by atoms with Crippen LogP contribution in [-0.4, -0.2) is 37.7 Å². The van der Waals surface area contributed by atoms with E-state index in [1.165, 1.54) is 29.2 Å². The smallest absolute Gasteiger partial charge is 0.306 e. The van der Waals surface area contributed by atoms with Gasteiger partial charge in [-0.05, 0) is 31.4 Å². The lowest BCUT2D eigenvalue weighted by Crippen LogP contribution is -2.33. The molecular weight excluding hydrogens is 328 g/mol. The van der Waals surface area contributed by atoms with Crippen molar-refractivity contribution < 1.29 is 19.6 Å².